The molecule has 3 unspecified atom stereocenters. The van der Waals surface area contributed by atoms with E-state index in [1.165, 1.54) is 38.5 Å². The van der Waals surface area contributed by atoms with Crippen molar-refractivity contribution in [2.24, 2.45) is 33.5 Å². The summed E-state index contributed by atoms with van der Waals surface area (Å²) >= 11 is 0. The van der Waals surface area contributed by atoms with Crippen molar-refractivity contribution in [2.45, 2.75) is 107 Å². The zero-order valence-electron chi connectivity index (χ0n) is 18.8. The van der Waals surface area contributed by atoms with Gasteiger partial charge in [0.25, 0.3) is 0 Å². The number of fused-ring (bicyclic) bond motifs is 2. The third-order valence-electron chi connectivity index (χ3n) is 7.38. The number of rotatable bonds is 5. The SMILES string of the molecule is CC(C)(C)CC(C)(C(=O)OCCC1(C)CC2CCCC(C2)C1)C(C)(C)C. The second-order valence-corrected chi connectivity index (χ2v) is 12.3. The Bertz CT molecular complexity index is 481. The van der Waals surface area contributed by atoms with E-state index in [1.54, 1.807) is 0 Å². The molecule has 152 valence electrons. The van der Waals surface area contributed by atoms with Crippen molar-refractivity contribution < 1.29 is 9.53 Å². The Morgan fingerprint density at radius 3 is 2.00 bits per heavy atom. The van der Waals surface area contributed by atoms with Gasteiger partial charge in [-0.2, -0.15) is 0 Å². The lowest BCUT2D eigenvalue weighted by atomic mass is 9.60. The first-order valence-electron chi connectivity index (χ1n) is 10.9. The molecule has 0 aliphatic heterocycles. The summed E-state index contributed by atoms with van der Waals surface area (Å²) in [4.78, 5) is 13.1. The van der Waals surface area contributed by atoms with Crippen molar-refractivity contribution >= 4 is 5.97 Å². The molecule has 2 bridgehead atoms. The van der Waals surface area contributed by atoms with E-state index in [2.05, 4.69) is 55.4 Å². The van der Waals surface area contributed by atoms with Crippen LogP contribution in [0.5, 0.6) is 0 Å². The molecule has 2 fully saturated rings. The molecule has 2 heteroatoms. The smallest absolute Gasteiger partial charge is 0.312 e. The molecule has 0 aromatic carbocycles. The molecule has 0 spiro atoms. The summed E-state index contributed by atoms with van der Waals surface area (Å²) in [5.74, 6) is 1.84. The van der Waals surface area contributed by atoms with Gasteiger partial charge in [0, 0.05) is 0 Å². The second-order valence-electron chi connectivity index (χ2n) is 12.3. The predicted molar refractivity (Wildman–Crippen MR) is 110 cm³/mol. The summed E-state index contributed by atoms with van der Waals surface area (Å²) in [5, 5.41) is 0. The highest BCUT2D eigenvalue weighted by atomic mass is 16.5. The third-order valence-corrected chi connectivity index (χ3v) is 7.38. The monoisotopic (exact) mass is 364 g/mol. The third kappa shape index (κ3) is 5.26. The summed E-state index contributed by atoms with van der Waals surface area (Å²) in [5.41, 5.74) is -0.0807. The van der Waals surface area contributed by atoms with Crippen molar-refractivity contribution in [2.75, 3.05) is 6.61 Å². The summed E-state index contributed by atoms with van der Waals surface area (Å²) in [7, 11) is 0. The Hall–Kier alpha value is -0.530. The molecular formula is C24H44O2. The average Bonchev–Trinajstić information content (AvgIpc) is 2.43. The van der Waals surface area contributed by atoms with E-state index in [1.807, 2.05) is 0 Å². The van der Waals surface area contributed by atoms with Crippen LogP contribution in [-0.4, -0.2) is 12.6 Å². The Morgan fingerprint density at radius 2 is 1.54 bits per heavy atom. The quantitative estimate of drug-likeness (QED) is 0.490. The van der Waals surface area contributed by atoms with Gasteiger partial charge in [-0.1, -0.05) is 67.7 Å². The van der Waals surface area contributed by atoms with Crippen molar-refractivity contribution in [1.82, 2.24) is 0 Å². The molecule has 2 saturated carbocycles. The zero-order chi connectivity index (χ0) is 19.8. The molecule has 0 aromatic rings. The van der Waals surface area contributed by atoms with Crippen LogP contribution in [0, 0.1) is 33.5 Å². The highest BCUT2D eigenvalue weighted by Gasteiger charge is 2.48. The maximum Gasteiger partial charge on any atom is 0.312 e. The lowest BCUT2D eigenvalue weighted by molar-refractivity contribution is -0.165. The highest BCUT2D eigenvalue weighted by molar-refractivity contribution is 5.77. The Balaban J connectivity index is 1.95. The molecule has 2 aliphatic rings. The van der Waals surface area contributed by atoms with Gasteiger partial charge < -0.3 is 4.74 Å². The second kappa shape index (κ2) is 7.47. The molecule has 26 heavy (non-hydrogen) atoms. The summed E-state index contributed by atoms with van der Waals surface area (Å²) < 4.78 is 5.93. The van der Waals surface area contributed by atoms with Gasteiger partial charge in [0.2, 0.25) is 0 Å². The molecule has 0 aromatic heterocycles. The van der Waals surface area contributed by atoms with Crippen LogP contribution in [0.1, 0.15) is 107 Å². The van der Waals surface area contributed by atoms with Crippen molar-refractivity contribution in [1.29, 1.82) is 0 Å². The number of carbonyl (C=O) groups excluding carboxylic acids is 1. The molecule has 2 nitrogen and oxygen atoms in total. The Morgan fingerprint density at radius 1 is 1.00 bits per heavy atom. The van der Waals surface area contributed by atoms with Gasteiger partial charge in [-0.15, -0.1) is 0 Å². The fourth-order valence-electron chi connectivity index (χ4n) is 5.71. The lowest BCUT2D eigenvalue weighted by Crippen LogP contribution is -2.44. The minimum atomic E-state index is -0.449. The summed E-state index contributed by atoms with van der Waals surface area (Å²) in [6.07, 6.45) is 10.3. The van der Waals surface area contributed by atoms with E-state index in [0.29, 0.717) is 12.0 Å². The maximum atomic E-state index is 13.1. The number of esters is 1. The first kappa shape index (κ1) is 21.8. The first-order valence-corrected chi connectivity index (χ1v) is 10.9. The fraction of sp³-hybridized carbons (Fsp3) is 0.958. The van der Waals surface area contributed by atoms with Crippen LogP contribution >= 0.6 is 0 Å². The first-order chi connectivity index (χ1) is 11.7. The van der Waals surface area contributed by atoms with Gasteiger partial charge in [-0.25, -0.2) is 0 Å². The number of carbonyl (C=O) groups is 1. The van der Waals surface area contributed by atoms with Crippen LogP contribution in [0.4, 0.5) is 0 Å². The van der Waals surface area contributed by atoms with Gasteiger partial charge in [-0.3, -0.25) is 4.79 Å². The van der Waals surface area contributed by atoms with Gasteiger partial charge in [-0.05, 0) is 67.1 Å². The topological polar surface area (TPSA) is 26.3 Å². The lowest BCUT2D eigenvalue weighted by Gasteiger charge is -2.46. The van der Waals surface area contributed by atoms with Crippen molar-refractivity contribution in [3.8, 4) is 0 Å². The highest BCUT2D eigenvalue weighted by Crippen LogP contribution is 2.51. The largest absolute Gasteiger partial charge is 0.465 e. The summed E-state index contributed by atoms with van der Waals surface area (Å²) in [6, 6.07) is 0. The molecule has 0 saturated heterocycles. The van der Waals surface area contributed by atoms with Crippen LogP contribution in [0.15, 0.2) is 0 Å². The van der Waals surface area contributed by atoms with E-state index in [4.69, 9.17) is 4.74 Å². The minimum absolute atomic E-state index is 0.000436. The molecular weight excluding hydrogens is 320 g/mol. The normalized spacial score (nSPS) is 32.0. The van der Waals surface area contributed by atoms with Gasteiger partial charge in [0.05, 0.1) is 12.0 Å². The maximum absolute atomic E-state index is 13.1. The van der Waals surface area contributed by atoms with E-state index in [9.17, 15) is 4.79 Å². The Labute approximate surface area is 162 Å². The molecule has 0 amide bonds. The Kier molecular flexibility index (Phi) is 6.26. The van der Waals surface area contributed by atoms with Crippen LogP contribution in [-0.2, 0) is 9.53 Å². The number of hydrogen-bond acceptors (Lipinski definition) is 2. The van der Waals surface area contributed by atoms with Gasteiger partial charge in [0.1, 0.15) is 0 Å². The predicted octanol–water partition coefficient (Wildman–Crippen LogP) is 7.01. The van der Waals surface area contributed by atoms with Crippen molar-refractivity contribution in [3.63, 3.8) is 0 Å². The van der Waals surface area contributed by atoms with Gasteiger partial charge >= 0.3 is 5.97 Å². The molecule has 2 aliphatic carbocycles. The summed E-state index contributed by atoms with van der Waals surface area (Å²) in [6.45, 7) is 18.3. The van der Waals surface area contributed by atoms with Crippen LogP contribution in [0.3, 0.4) is 0 Å². The minimum Gasteiger partial charge on any atom is -0.465 e. The fourth-order valence-corrected chi connectivity index (χ4v) is 5.71. The molecule has 0 radical (unpaired) electrons. The van der Waals surface area contributed by atoms with Crippen LogP contribution in [0.2, 0.25) is 0 Å². The van der Waals surface area contributed by atoms with Crippen molar-refractivity contribution in [3.05, 3.63) is 0 Å². The van der Waals surface area contributed by atoms with E-state index >= 15 is 0 Å². The van der Waals surface area contributed by atoms with E-state index < -0.39 is 5.41 Å². The zero-order valence-corrected chi connectivity index (χ0v) is 18.8. The van der Waals surface area contributed by atoms with E-state index in [-0.39, 0.29) is 16.8 Å². The van der Waals surface area contributed by atoms with Crippen LogP contribution in [0.25, 0.3) is 0 Å². The van der Waals surface area contributed by atoms with E-state index in [0.717, 1.165) is 24.7 Å². The molecule has 3 atom stereocenters. The standard InChI is InChI=1S/C24H44O2/c1-21(2,3)17-24(8,22(4,5)6)20(25)26-13-12-23(7)15-18-10-9-11-19(14-18)16-23/h18-19H,9-17H2,1-8H3. The molecule has 0 heterocycles. The van der Waals surface area contributed by atoms with Gasteiger partial charge in [0.15, 0.2) is 0 Å². The number of ether oxygens (including phenoxy) is 1. The molecule has 2 rings (SSSR count). The molecule has 0 N–H and O–H groups in total. The average molecular weight is 365 g/mol. The van der Waals surface area contributed by atoms with Crippen LogP contribution < -0.4 is 0 Å². The number of hydrogen-bond donors (Lipinski definition) is 0.